The maximum atomic E-state index is 6.12. The molecule has 0 amide bonds. The predicted octanol–water partition coefficient (Wildman–Crippen LogP) is 1.53. The molecular formula is C24H28N6+2. The molecule has 3 aromatic carbocycles. The number of nitrogens with two attached hydrogens (primary N) is 4. The highest BCUT2D eigenvalue weighted by molar-refractivity contribution is 5.86. The van der Waals surface area contributed by atoms with Gasteiger partial charge in [0.2, 0.25) is 0 Å². The third-order valence-corrected chi connectivity index (χ3v) is 5.55. The first-order chi connectivity index (χ1) is 14.3. The first-order valence-electron chi connectivity index (χ1n) is 9.83. The molecule has 6 nitrogen and oxygen atoms in total. The molecule has 0 saturated heterocycles. The average Bonchev–Trinajstić information content (AvgIpc) is 2.73. The maximum absolute atomic E-state index is 6.12. The Morgan fingerprint density at radius 3 is 1.87 bits per heavy atom. The minimum atomic E-state index is -0.0716. The molecule has 0 spiro atoms. The van der Waals surface area contributed by atoms with Crippen LogP contribution < -0.4 is 34.4 Å². The van der Waals surface area contributed by atoms with Gasteiger partial charge in [0.25, 0.3) is 0 Å². The molecule has 0 saturated carbocycles. The number of allylic oxidation sites excluding steroid dienone is 2. The van der Waals surface area contributed by atoms with Crippen molar-refractivity contribution >= 4 is 28.3 Å². The molecule has 4 rings (SSSR count). The molecule has 1 aliphatic rings. The van der Waals surface area contributed by atoms with Crippen LogP contribution in [0.5, 0.6) is 0 Å². The van der Waals surface area contributed by atoms with E-state index in [0.29, 0.717) is 17.1 Å². The van der Waals surface area contributed by atoms with E-state index in [2.05, 4.69) is 41.8 Å². The minimum absolute atomic E-state index is 0.0189. The van der Waals surface area contributed by atoms with Crippen LogP contribution in [0.4, 0.5) is 22.7 Å². The molecular weight excluding hydrogens is 372 g/mol. The minimum Gasteiger partial charge on any atom is -0.397 e. The van der Waals surface area contributed by atoms with Crippen molar-refractivity contribution < 1.29 is 11.5 Å². The van der Waals surface area contributed by atoms with Crippen LogP contribution in [0.15, 0.2) is 72.8 Å². The predicted molar refractivity (Wildman–Crippen MR) is 125 cm³/mol. The van der Waals surface area contributed by atoms with Gasteiger partial charge in [-0.25, -0.2) is 0 Å². The zero-order valence-corrected chi connectivity index (χ0v) is 16.8. The molecule has 152 valence electrons. The quantitative estimate of drug-likeness (QED) is 0.368. The summed E-state index contributed by atoms with van der Waals surface area (Å²) in [6, 6.07) is 18.0. The van der Waals surface area contributed by atoms with Crippen LogP contribution in [-0.4, -0.2) is 12.1 Å². The molecule has 6 heteroatoms. The summed E-state index contributed by atoms with van der Waals surface area (Å²) in [4.78, 5) is 0. The molecule has 30 heavy (non-hydrogen) atoms. The summed E-state index contributed by atoms with van der Waals surface area (Å²) in [6.07, 6.45) is 6.16. The molecule has 0 bridgehead atoms. The van der Waals surface area contributed by atoms with Crippen LogP contribution in [0.25, 0.3) is 27.8 Å². The molecule has 0 aliphatic heterocycles. The van der Waals surface area contributed by atoms with E-state index in [4.69, 9.17) is 22.9 Å². The van der Waals surface area contributed by atoms with Gasteiger partial charge < -0.3 is 34.4 Å². The van der Waals surface area contributed by atoms with Gasteiger partial charge in [-0.15, -0.1) is 0 Å². The second-order valence-corrected chi connectivity index (χ2v) is 7.78. The van der Waals surface area contributed by atoms with Crippen LogP contribution in [0.2, 0.25) is 0 Å². The van der Waals surface area contributed by atoms with Gasteiger partial charge in [0.05, 0.1) is 23.1 Å². The highest BCUT2D eigenvalue weighted by atomic mass is 14.8. The van der Waals surface area contributed by atoms with Crippen molar-refractivity contribution in [3.8, 4) is 22.3 Å². The fraction of sp³-hybridized carbons (Fsp3) is 0.0833. The summed E-state index contributed by atoms with van der Waals surface area (Å²) in [5.41, 5.74) is 41.2. The summed E-state index contributed by atoms with van der Waals surface area (Å²) < 4.78 is 0. The van der Waals surface area contributed by atoms with Gasteiger partial charge >= 0.3 is 0 Å². The van der Waals surface area contributed by atoms with E-state index < -0.39 is 0 Å². The van der Waals surface area contributed by atoms with E-state index >= 15 is 0 Å². The van der Waals surface area contributed by atoms with Gasteiger partial charge in [-0.3, -0.25) is 0 Å². The largest absolute Gasteiger partial charge is 0.397 e. The molecule has 0 heterocycles. The number of benzene rings is 3. The van der Waals surface area contributed by atoms with Crippen molar-refractivity contribution in [2.75, 3.05) is 17.2 Å². The number of hydrogen-bond donors (Lipinski definition) is 6. The fourth-order valence-electron chi connectivity index (χ4n) is 3.60. The molecule has 0 radical (unpaired) electrons. The second kappa shape index (κ2) is 7.68. The summed E-state index contributed by atoms with van der Waals surface area (Å²) in [7, 11) is 0. The topological polar surface area (TPSA) is 159 Å². The third kappa shape index (κ3) is 3.79. The van der Waals surface area contributed by atoms with Crippen molar-refractivity contribution in [1.29, 1.82) is 0 Å². The Kier molecular flexibility index (Phi) is 5.05. The van der Waals surface area contributed by atoms with E-state index in [0.717, 1.165) is 39.1 Å². The zero-order valence-electron chi connectivity index (χ0n) is 16.8. The van der Waals surface area contributed by atoms with Crippen molar-refractivity contribution in [2.24, 2.45) is 5.73 Å². The van der Waals surface area contributed by atoms with Crippen LogP contribution in [0.1, 0.15) is 5.56 Å². The Morgan fingerprint density at radius 2 is 1.27 bits per heavy atom. The molecule has 2 atom stereocenters. The lowest BCUT2D eigenvalue weighted by atomic mass is 9.89. The monoisotopic (exact) mass is 400 g/mol. The van der Waals surface area contributed by atoms with E-state index in [9.17, 15) is 0 Å². The van der Waals surface area contributed by atoms with Crippen LogP contribution >= 0.6 is 0 Å². The van der Waals surface area contributed by atoms with Gasteiger partial charge in [-0.1, -0.05) is 18.2 Å². The van der Waals surface area contributed by atoms with Crippen molar-refractivity contribution in [2.45, 2.75) is 12.1 Å². The zero-order chi connectivity index (χ0) is 21.4. The Hall–Kier alpha value is -3.58. The molecule has 2 unspecified atom stereocenters. The summed E-state index contributed by atoms with van der Waals surface area (Å²) in [5.74, 6) is 0. The SMILES string of the molecule is Nc1ccc(-c2cc(C3=CC([NH3+])C(N)C=C3)cc(-c3ccc([NH3+])c(N)c3)c2)cc1N. The lowest BCUT2D eigenvalue weighted by Gasteiger charge is -2.18. The lowest BCUT2D eigenvalue weighted by Crippen LogP contribution is -2.67. The second-order valence-electron chi connectivity index (χ2n) is 7.78. The number of nitrogen functional groups attached to an aromatic ring is 3. The van der Waals surface area contributed by atoms with Gasteiger partial charge in [0.1, 0.15) is 6.04 Å². The summed E-state index contributed by atoms with van der Waals surface area (Å²) >= 11 is 0. The molecule has 1 aliphatic carbocycles. The summed E-state index contributed by atoms with van der Waals surface area (Å²) in [5, 5.41) is 0. The van der Waals surface area contributed by atoms with Gasteiger partial charge in [-0.05, 0) is 81.9 Å². The Morgan fingerprint density at radius 1 is 0.667 bits per heavy atom. The first-order valence-corrected chi connectivity index (χ1v) is 9.83. The van der Waals surface area contributed by atoms with Crippen LogP contribution in [-0.2, 0) is 0 Å². The van der Waals surface area contributed by atoms with E-state index in [-0.39, 0.29) is 12.1 Å². The Labute approximate surface area is 175 Å². The lowest BCUT2D eigenvalue weighted by molar-refractivity contribution is -0.404. The Bertz CT molecular complexity index is 1110. The van der Waals surface area contributed by atoms with Gasteiger partial charge in [0.15, 0.2) is 5.69 Å². The average molecular weight is 401 g/mol. The molecule has 0 fully saturated rings. The van der Waals surface area contributed by atoms with Gasteiger partial charge in [0, 0.05) is 6.07 Å². The Balaban J connectivity index is 1.89. The molecule has 0 aromatic heterocycles. The van der Waals surface area contributed by atoms with Crippen molar-refractivity contribution in [3.05, 3.63) is 78.4 Å². The highest BCUT2D eigenvalue weighted by Gasteiger charge is 2.18. The smallest absolute Gasteiger partial charge is 0.151 e. The molecule has 14 N–H and O–H groups in total. The molecule has 3 aromatic rings. The van der Waals surface area contributed by atoms with E-state index in [1.54, 1.807) is 0 Å². The fourth-order valence-corrected chi connectivity index (χ4v) is 3.60. The standard InChI is InChI=1S/C24H26N6/c25-19-4-1-13(10-22(19)28)16-7-17(14-2-5-20(26)23(29)11-14)9-18(8-16)15-3-6-21(27)24(30)12-15/h1-12,19,22H,25-30H2/p+2. The van der Waals surface area contributed by atoms with Crippen molar-refractivity contribution in [3.63, 3.8) is 0 Å². The normalized spacial score (nSPS) is 18.3. The number of anilines is 3. The summed E-state index contributed by atoms with van der Waals surface area (Å²) in [6.45, 7) is 0. The van der Waals surface area contributed by atoms with Crippen LogP contribution in [0.3, 0.4) is 0 Å². The number of quaternary nitrogens is 2. The van der Waals surface area contributed by atoms with Gasteiger partial charge in [-0.2, -0.15) is 0 Å². The maximum Gasteiger partial charge on any atom is 0.151 e. The van der Waals surface area contributed by atoms with Crippen molar-refractivity contribution in [1.82, 2.24) is 0 Å². The van der Waals surface area contributed by atoms with E-state index in [1.165, 1.54) is 0 Å². The number of rotatable bonds is 3. The first kappa shape index (κ1) is 19.7. The third-order valence-electron chi connectivity index (χ3n) is 5.55. The van der Waals surface area contributed by atoms with Crippen LogP contribution in [0, 0.1) is 0 Å². The van der Waals surface area contributed by atoms with E-state index in [1.807, 2.05) is 42.5 Å². The number of hydrogen-bond acceptors (Lipinski definition) is 4. The highest BCUT2D eigenvalue weighted by Crippen LogP contribution is 2.34.